The Kier molecular flexibility index (Phi) is 6.45. The molecule has 2 unspecified atom stereocenters. The molecule has 3 heteroatoms. The van der Waals surface area contributed by atoms with E-state index in [1.165, 1.54) is 0 Å². The second-order valence-corrected chi connectivity index (χ2v) is 5.99. The largest absolute Gasteiger partial charge is 0.396 e. The van der Waals surface area contributed by atoms with Crippen LogP contribution in [0.5, 0.6) is 0 Å². The van der Waals surface area contributed by atoms with Gasteiger partial charge in [0.2, 0.25) is 0 Å². The summed E-state index contributed by atoms with van der Waals surface area (Å²) in [6.07, 6.45) is 5.82. The highest BCUT2D eigenvalue weighted by atomic mass is 16.5. The van der Waals surface area contributed by atoms with Crippen LogP contribution in [0, 0.1) is 5.41 Å². The molecule has 0 bridgehead atoms. The van der Waals surface area contributed by atoms with Gasteiger partial charge in [0.25, 0.3) is 0 Å². The highest BCUT2D eigenvalue weighted by Gasteiger charge is 2.24. The molecule has 3 nitrogen and oxygen atoms in total. The SMILES string of the molecule is CCC1CC(NCC(C)(C)CCCO)CCO1. The summed E-state index contributed by atoms with van der Waals surface area (Å²) >= 11 is 0. The second kappa shape index (κ2) is 7.34. The third-order valence-electron chi connectivity index (χ3n) is 3.70. The zero-order chi connectivity index (χ0) is 12.7. The minimum atomic E-state index is 0.281. The predicted octanol–water partition coefficient (Wildman–Crippen LogP) is 2.33. The van der Waals surface area contributed by atoms with E-state index in [1.54, 1.807) is 0 Å². The Balaban J connectivity index is 2.24. The van der Waals surface area contributed by atoms with Gasteiger partial charge in [0.05, 0.1) is 6.10 Å². The summed E-state index contributed by atoms with van der Waals surface area (Å²) in [6, 6.07) is 0.613. The first-order chi connectivity index (χ1) is 8.07. The van der Waals surface area contributed by atoms with Gasteiger partial charge in [-0.3, -0.25) is 0 Å². The molecule has 0 amide bonds. The van der Waals surface area contributed by atoms with Crippen molar-refractivity contribution in [2.75, 3.05) is 19.8 Å². The first-order valence-electron chi connectivity index (χ1n) is 7.03. The third kappa shape index (κ3) is 5.84. The summed E-state index contributed by atoms with van der Waals surface area (Å²) in [4.78, 5) is 0. The lowest BCUT2D eigenvalue weighted by Crippen LogP contribution is -2.42. The van der Waals surface area contributed by atoms with E-state index in [1.807, 2.05) is 0 Å². The van der Waals surface area contributed by atoms with E-state index in [4.69, 9.17) is 9.84 Å². The molecule has 0 aromatic heterocycles. The molecule has 17 heavy (non-hydrogen) atoms. The van der Waals surface area contributed by atoms with E-state index < -0.39 is 0 Å². The standard InChI is InChI=1S/C14H29NO2/c1-4-13-10-12(6-9-17-13)15-11-14(2,3)7-5-8-16/h12-13,15-16H,4-11H2,1-3H3. The van der Waals surface area contributed by atoms with E-state index in [-0.39, 0.29) is 5.41 Å². The van der Waals surface area contributed by atoms with Crippen molar-refractivity contribution in [1.29, 1.82) is 0 Å². The quantitative estimate of drug-likeness (QED) is 0.721. The van der Waals surface area contributed by atoms with Crippen LogP contribution in [-0.2, 0) is 4.74 Å². The molecular formula is C14H29NO2. The molecule has 0 saturated carbocycles. The molecule has 1 saturated heterocycles. The van der Waals surface area contributed by atoms with Crippen molar-refractivity contribution in [3.63, 3.8) is 0 Å². The van der Waals surface area contributed by atoms with Crippen molar-refractivity contribution in [1.82, 2.24) is 5.32 Å². The summed E-state index contributed by atoms with van der Waals surface area (Å²) in [5.41, 5.74) is 0.281. The van der Waals surface area contributed by atoms with Crippen molar-refractivity contribution >= 4 is 0 Å². The number of hydrogen-bond acceptors (Lipinski definition) is 3. The molecule has 1 rings (SSSR count). The normalized spacial score (nSPS) is 26.1. The zero-order valence-electron chi connectivity index (χ0n) is 11.7. The average Bonchev–Trinajstić information content (AvgIpc) is 2.34. The van der Waals surface area contributed by atoms with Crippen LogP contribution < -0.4 is 5.32 Å². The van der Waals surface area contributed by atoms with Gasteiger partial charge in [0.15, 0.2) is 0 Å². The first-order valence-corrected chi connectivity index (χ1v) is 7.03. The van der Waals surface area contributed by atoms with Crippen molar-refractivity contribution in [3.8, 4) is 0 Å². The van der Waals surface area contributed by atoms with Crippen LogP contribution in [0.15, 0.2) is 0 Å². The molecule has 0 aromatic rings. The lowest BCUT2D eigenvalue weighted by atomic mass is 9.87. The molecule has 1 heterocycles. The van der Waals surface area contributed by atoms with Gasteiger partial charge in [0, 0.05) is 25.8 Å². The Morgan fingerprint density at radius 2 is 2.18 bits per heavy atom. The molecule has 0 aliphatic carbocycles. The lowest BCUT2D eigenvalue weighted by Gasteiger charge is -2.33. The highest BCUT2D eigenvalue weighted by Crippen LogP contribution is 2.23. The molecule has 102 valence electrons. The van der Waals surface area contributed by atoms with Crippen molar-refractivity contribution in [3.05, 3.63) is 0 Å². The van der Waals surface area contributed by atoms with Gasteiger partial charge in [0.1, 0.15) is 0 Å². The molecule has 0 radical (unpaired) electrons. The molecular weight excluding hydrogens is 214 g/mol. The minimum Gasteiger partial charge on any atom is -0.396 e. The maximum Gasteiger partial charge on any atom is 0.0587 e. The van der Waals surface area contributed by atoms with E-state index in [0.717, 1.165) is 45.3 Å². The number of hydrogen-bond donors (Lipinski definition) is 2. The number of nitrogens with one attached hydrogen (secondary N) is 1. The van der Waals surface area contributed by atoms with Crippen LogP contribution >= 0.6 is 0 Å². The maximum atomic E-state index is 8.88. The van der Waals surface area contributed by atoms with Gasteiger partial charge in [-0.2, -0.15) is 0 Å². The van der Waals surface area contributed by atoms with Crippen LogP contribution in [0.3, 0.4) is 0 Å². The van der Waals surface area contributed by atoms with Gasteiger partial charge in [-0.25, -0.2) is 0 Å². The van der Waals surface area contributed by atoms with Crippen LogP contribution in [0.2, 0.25) is 0 Å². The zero-order valence-corrected chi connectivity index (χ0v) is 11.7. The number of aliphatic hydroxyl groups is 1. The average molecular weight is 243 g/mol. The summed E-state index contributed by atoms with van der Waals surface area (Å²) < 4.78 is 5.68. The predicted molar refractivity (Wildman–Crippen MR) is 71.2 cm³/mol. The number of rotatable bonds is 7. The molecule has 1 aliphatic rings. The highest BCUT2D eigenvalue weighted by molar-refractivity contribution is 4.80. The molecule has 2 atom stereocenters. The first kappa shape index (κ1) is 14.9. The van der Waals surface area contributed by atoms with Gasteiger partial charge in [-0.15, -0.1) is 0 Å². The molecule has 2 N–H and O–H groups in total. The monoisotopic (exact) mass is 243 g/mol. The Hall–Kier alpha value is -0.120. The third-order valence-corrected chi connectivity index (χ3v) is 3.70. The molecule has 0 aromatic carbocycles. The van der Waals surface area contributed by atoms with E-state index in [0.29, 0.717) is 18.8 Å². The molecule has 0 spiro atoms. The fraction of sp³-hybridized carbons (Fsp3) is 1.00. The smallest absolute Gasteiger partial charge is 0.0587 e. The van der Waals surface area contributed by atoms with Crippen molar-refractivity contribution in [2.24, 2.45) is 5.41 Å². The minimum absolute atomic E-state index is 0.281. The summed E-state index contributed by atoms with van der Waals surface area (Å²) in [5.74, 6) is 0. The second-order valence-electron chi connectivity index (χ2n) is 5.99. The van der Waals surface area contributed by atoms with E-state index in [2.05, 4.69) is 26.1 Å². The van der Waals surface area contributed by atoms with Crippen molar-refractivity contribution < 1.29 is 9.84 Å². The Morgan fingerprint density at radius 1 is 1.41 bits per heavy atom. The summed E-state index contributed by atoms with van der Waals surface area (Å²) in [7, 11) is 0. The van der Waals surface area contributed by atoms with Crippen LogP contribution in [0.1, 0.15) is 52.9 Å². The Bertz CT molecular complexity index is 206. The number of aliphatic hydroxyl groups excluding tert-OH is 1. The van der Waals surface area contributed by atoms with Crippen LogP contribution in [0.4, 0.5) is 0 Å². The van der Waals surface area contributed by atoms with Gasteiger partial charge in [-0.05, 0) is 37.5 Å². The summed E-state index contributed by atoms with van der Waals surface area (Å²) in [5, 5.41) is 12.5. The number of ether oxygens (including phenoxy) is 1. The van der Waals surface area contributed by atoms with Crippen LogP contribution in [-0.4, -0.2) is 37.0 Å². The summed E-state index contributed by atoms with van der Waals surface area (Å²) in [6.45, 7) is 8.97. The fourth-order valence-corrected chi connectivity index (χ4v) is 2.42. The fourth-order valence-electron chi connectivity index (χ4n) is 2.42. The molecule has 1 fully saturated rings. The Labute approximate surface area is 106 Å². The van der Waals surface area contributed by atoms with Gasteiger partial charge < -0.3 is 15.2 Å². The van der Waals surface area contributed by atoms with E-state index >= 15 is 0 Å². The topological polar surface area (TPSA) is 41.5 Å². The lowest BCUT2D eigenvalue weighted by molar-refractivity contribution is -0.00164. The van der Waals surface area contributed by atoms with Crippen LogP contribution in [0.25, 0.3) is 0 Å². The Morgan fingerprint density at radius 3 is 2.82 bits per heavy atom. The van der Waals surface area contributed by atoms with E-state index in [9.17, 15) is 0 Å². The maximum absolute atomic E-state index is 8.88. The van der Waals surface area contributed by atoms with Crippen molar-refractivity contribution in [2.45, 2.75) is 65.0 Å². The van der Waals surface area contributed by atoms with Gasteiger partial charge >= 0.3 is 0 Å². The van der Waals surface area contributed by atoms with Gasteiger partial charge in [-0.1, -0.05) is 20.8 Å². The molecule has 1 aliphatic heterocycles.